The highest BCUT2D eigenvalue weighted by Crippen LogP contribution is 2.36. The first-order chi connectivity index (χ1) is 8.55. The van der Waals surface area contributed by atoms with Crippen molar-refractivity contribution in [2.45, 2.75) is 37.9 Å². The lowest BCUT2D eigenvalue weighted by molar-refractivity contribution is 0.0239. The molecule has 2 N–H and O–H groups in total. The molecule has 1 heterocycles. The fourth-order valence-electron chi connectivity index (χ4n) is 2.68. The third kappa shape index (κ3) is 2.74. The minimum Gasteiger partial charge on any atom is -0.360 e. The topological polar surface area (TPSA) is 58.5 Å². The third-order valence-corrected chi connectivity index (χ3v) is 4.04. The number of nitrogens with zero attached hydrogens (tertiary/aromatic N) is 3. The Bertz CT molecular complexity index is 384. The zero-order chi connectivity index (χ0) is 13.2. The van der Waals surface area contributed by atoms with E-state index in [1.165, 1.54) is 19.3 Å². The highest BCUT2D eigenvalue weighted by atomic mass is 16.5. The third-order valence-electron chi connectivity index (χ3n) is 4.04. The molecule has 0 saturated heterocycles. The van der Waals surface area contributed by atoms with Crippen LogP contribution < -0.4 is 5.73 Å². The molecule has 1 saturated carbocycles. The minimum absolute atomic E-state index is 0.353. The number of hydrogen-bond donors (Lipinski definition) is 1. The van der Waals surface area contributed by atoms with E-state index in [1.54, 1.807) is 0 Å². The van der Waals surface area contributed by atoms with E-state index in [0.29, 0.717) is 12.1 Å². The van der Waals surface area contributed by atoms with Crippen LogP contribution in [0, 0.1) is 0 Å². The van der Waals surface area contributed by atoms with E-state index in [2.05, 4.69) is 36.1 Å². The minimum atomic E-state index is 0.353. The molecule has 0 aliphatic heterocycles. The van der Waals surface area contributed by atoms with Crippen molar-refractivity contribution in [1.82, 2.24) is 15.0 Å². The average Bonchev–Trinajstić information content (AvgIpc) is 2.70. The fourth-order valence-corrected chi connectivity index (χ4v) is 2.68. The molecule has 0 radical (unpaired) electrons. The van der Waals surface area contributed by atoms with E-state index in [0.717, 1.165) is 24.5 Å². The van der Waals surface area contributed by atoms with Gasteiger partial charge < -0.3 is 15.2 Å². The summed E-state index contributed by atoms with van der Waals surface area (Å²) in [5, 5.41) is 3.92. The molecule has 18 heavy (non-hydrogen) atoms. The lowest BCUT2D eigenvalue weighted by Crippen LogP contribution is -2.56. The Labute approximate surface area is 109 Å². The van der Waals surface area contributed by atoms with Crippen molar-refractivity contribution in [2.75, 3.05) is 27.7 Å². The monoisotopic (exact) mass is 252 g/mol. The van der Waals surface area contributed by atoms with Crippen LogP contribution in [0.15, 0.2) is 10.6 Å². The number of hydrogen-bond acceptors (Lipinski definition) is 5. The van der Waals surface area contributed by atoms with Gasteiger partial charge in [0.15, 0.2) is 5.76 Å². The quantitative estimate of drug-likeness (QED) is 0.820. The second-order valence-corrected chi connectivity index (χ2v) is 5.63. The van der Waals surface area contributed by atoms with E-state index >= 15 is 0 Å². The van der Waals surface area contributed by atoms with Crippen molar-refractivity contribution in [2.24, 2.45) is 5.73 Å². The Balaban J connectivity index is 1.90. The molecule has 5 nitrogen and oxygen atoms in total. The summed E-state index contributed by atoms with van der Waals surface area (Å²) in [5.41, 5.74) is 6.70. The van der Waals surface area contributed by atoms with Crippen LogP contribution >= 0.6 is 0 Å². The number of nitrogens with two attached hydrogens (primary N) is 1. The van der Waals surface area contributed by atoms with Gasteiger partial charge in [-0.25, -0.2) is 0 Å². The van der Waals surface area contributed by atoms with Gasteiger partial charge in [-0.1, -0.05) is 5.16 Å². The van der Waals surface area contributed by atoms with Crippen molar-refractivity contribution in [1.29, 1.82) is 0 Å². The molecule has 2 rings (SSSR count). The maximum absolute atomic E-state index is 5.52. The predicted octanol–water partition coefficient (Wildman–Crippen LogP) is 1.05. The first kappa shape index (κ1) is 13.5. The standard InChI is InChI=1S/C13H24N4O/c1-16(2)13(5-4-6-13)10-17(3)9-12-7-11(8-14)15-18-12/h7H,4-6,8-10,14H2,1-3H3. The van der Waals surface area contributed by atoms with Crippen LogP contribution in [0.1, 0.15) is 30.7 Å². The van der Waals surface area contributed by atoms with E-state index in [9.17, 15) is 0 Å². The molecule has 0 aromatic carbocycles. The van der Waals surface area contributed by atoms with Gasteiger partial charge in [0.25, 0.3) is 0 Å². The Morgan fingerprint density at radius 3 is 2.56 bits per heavy atom. The van der Waals surface area contributed by atoms with Gasteiger partial charge in [0.2, 0.25) is 0 Å². The van der Waals surface area contributed by atoms with Crippen molar-refractivity contribution >= 4 is 0 Å². The van der Waals surface area contributed by atoms with Crippen LogP contribution in [-0.4, -0.2) is 48.2 Å². The van der Waals surface area contributed by atoms with Gasteiger partial charge >= 0.3 is 0 Å². The zero-order valence-corrected chi connectivity index (χ0v) is 11.6. The summed E-state index contributed by atoms with van der Waals surface area (Å²) in [6.45, 7) is 2.30. The largest absolute Gasteiger partial charge is 0.360 e. The average molecular weight is 252 g/mol. The normalized spacial score (nSPS) is 18.3. The molecule has 0 bridgehead atoms. The number of likely N-dealkylation sites (N-methyl/N-ethyl adjacent to an activating group) is 2. The summed E-state index contributed by atoms with van der Waals surface area (Å²) >= 11 is 0. The van der Waals surface area contributed by atoms with Crippen LogP contribution in [0.4, 0.5) is 0 Å². The van der Waals surface area contributed by atoms with Gasteiger partial charge in [0.05, 0.1) is 12.2 Å². The van der Waals surface area contributed by atoms with Gasteiger partial charge in [-0.3, -0.25) is 4.90 Å². The summed E-state index contributed by atoms with van der Waals surface area (Å²) in [4.78, 5) is 4.67. The lowest BCUT2D eigenvalue weighted by atomic mass is 9.75. The Morgan fingerprint density at radius 2 is 2.11 bits per heavy atom. The van der Waals surface area contributed by atoms with Crippen LogP contribution in [0.5, 0.6) is 0 Å². The van der Waals surface area contributed by atoms with Gasteiger partial charge in [-0.05, 0) is 40.4 Å². The Morgan fingerprint density at radius 1 is 1.39 bits per heavy atom. The van der Waals surface area contributed by atoms with Crippen LogP contribution in [0.3, 0.4) is 0 Å². The van der Waals surface area contributed by atoms with E-state index in [4.69, 9.17) is 10.3 Å². The molecule has 0 spiro atoms. The zero-order valence-electron chi connectivity index (χ0n) is 11.6. The number of rotatable bonds is 6. The highest BCUT2D eigenvalue weighted by Gasteiger charge is 2.39. The molecule has 1 aromatic rings. The van der Waals surface area contributed by atoms with Crippen LogP contribution in [-0.2, 0) is 13.1 Å². The van der Waals surface area contributed by atoms with Crippen molar-refractivity contribution in [3.8, 4) is 0 Å². The van der Waals surface area contributed by atoms with Gasteiger partial charge in [0.1, 0.15) is 0 Å². The molecule has 5 heteroatoms. The van der Waals surface area contributed by atoms with Crippen LogP contribution in [0.25, 0.3) is 0 Å². The molecular weight excluding hydrogens is 228 g/mol. The lowest BCUT2D eigenvalue weighted by Gasteiger charge is -2.49. The summed E-state index contributed by atoms with van der Waals surface area (Å²) in [6.07, 6.45) is 3.91. The SMILES string of the molecule is CN(Cc1cc(CN)no1)CC1(N(C)C)CCC1. The molecule has 0 unspecified atom stereocenters. The van der Waals surface area contributed by atoms with E-state index < -0.39 is 0 Å². The highest BCUT2D eigenvalue weighted by molar-refractivity contribution is 5.05. The second kappa shape index (κ2) is 5.38. The maximum atomic E-state index is 5.52. The smallest absolute Gasteiger partial charge is 0.151 e. The molecule has 1 aliphatic carbocycles. The van der Waals surface area contributed by atoms with Gasteiger partial charge in [-0.15, -0.1) is 0 Å². The summed E-state index contributed by atoms with van der Waals surface area (Å²) < 4.78 is 5.27. The van der Waals surface area contributed by atoms with Crippen molar-refractivity contribution < 1.29 is 4.52 Å². The van der Waals surface area contributed by atoms with Crippen LogP contribution in [0.2, 0.25) is 0 Å². The summed E-state index contributed by atoms with van der Waals surface area (Å²) in [5.74, 6) is 0.895. The molecule has 1 aromatic heterocycles. The fraction of sp³-hybridized carbons (Fsp3) is 0.769. The molecule has 0 atom stereocenters. The molecular formula is C13H24N4O. The molecule has 1 fully saturated rings. The van der Waals surface area contributed by atoms with Gasteiger partial charge in [0, 0.05) is 24.7 Å². The summed E-state index contributed by atoms with van der Waals surface area (Å²) in [6, 6.07) is 1.94. The maximum Gasteiger partial charge on any atom is 0.151 e. The first-order valence-corrected chi connectivity index (χ1v) is 6.56. The van der Waals surface area contributed by atoms with E-state index in [1.807, 2.05) is 6.07 Å². The van der Waals surface area contributed by atoms with Crippen molar-refractivity contribution in [3.63, 3.8) is 0 Å². The Kier molecular flexibility index (Phi) is 4.04. The Hall–Kier alpha value is -0.910. The van der Waals surface area contributed by atoms with Crippen molar-refractivity contribution in [3.05, 3.63) is 17.5 Å². The summed E-state index contributed by atoms with van der Waals surface area (Å²) in [7, 11) is 6.48. The molecule has 1 aliphatic rings. The number of aromatic nitrogens is 1. The second-order valence-electron chi connectivity index (χ2n) is 5.63. The van der Waals surface area contributed by atoms with E-state index in [-0.39, 0.29) is 0 Å². The first-order valence-electron chi connectivity index (χ1n) is 6.56. The predicted molar refractivity (Wildman–Crippen MR) is 71.0 cm³/mol. The molecule has 0 amide bonds. The molecule has 102 valence electrons. The van der Waals surface area contributed by atoms with Gasteiger partial charge in [-0.2, -0.15) is 0 Å².